The summed E-state index contributed by atoms with van der Waals surface area (Å²) in [5.41, 5.74) is 4.80. The van der Waals surface area contributed by atoms with E-state index >= 15 is 0 Å². The summed E-state index contributed by atoms with van der Waals surface area (Å²) in [6.07, 6.45) is 3.56. The minimum atomic E-state index is 0.620. The van der Waals surface area contributed by atoms with Crippen molar-refractivity contribution < 1.29 is 0 Å². The highest BCUT2D eigenvalue weighted by atomic mass is 14.7. The Balaban J connectivity index is 1.65. The predicted molar refractivity (Wildman–Crippen MR) is 103 cm³/mol. The van der Waals surface area contributed by atoms with Gasteiger partial charge in [0.2, 0.25) is 0 Å². The van der Waals surface area contributed by atoms with Crippen molar-refractivity contribution in [1.29, 1.82) is 10.5 Å². The quantitative estimate of drug-likeness (QED) is 0.634. The Morgan fingerprint density at radius 3 is 1.19 bits per heavy atom. The van der Waals surface area contributed by atoms with Gasteiger partial charge in [0.25, 0.3) is 0 Å². The van der Waals surface area contributed by atoms with Crippen molar-refractivity contribution in [2.24, 2.45) is 9.98 Å². The molecule has 4 nitrogen and oxygen atoms in total. The van der Waals surface area contributed by atoms with E-state index in [1.165, 1.54) is 0 Å². The molecule has 0 aromatic heterocycles. The third-order valence-electron chi connectivity index (χ3n) is 3.65. The molecule has 0 fully saturated rings. The maximum atomic E-state index is 8.79. The lowest BCUT2D eigenvalue weighted by Gasteiger charge is -1.97. The van der Waals surface area contributed by atoms with Gasteiger partial charge < -0.3 is 0 Å². The first-order valence-electron chi connectivity index (χ1n) is 7.95. The van der Waals surface area contributed by atoms with Crippen molar-refractivity contribution in [3.63, 3.8) is 0 Å². The summed E-state index contributed by atoms with van der Waals surface area (Å²) in [5.74, 6) is 0. The Kier molecular flexibility index (Phi) is 5.30. The van der Waals surface area contributed by atoms with Crippen LogP contribution in [0.1, 0.15) is 22.3 Å². The number of benzene rings is 3. The van der Waals surface area contributed by atoms with Gasteiger partial charge in [0.1, 0.15) is 0 Å². The molecule has 3 rings (SSSR count). The molecule has 3 aromatic carbocycles. The molecule has 0 aliphatic rings. The number of nitrogens with zero attached hydrogens (tertiary/aromatic N) is 4. The number of aliphatic imine (C=N–C) groups is 2. The van der Waals surface area contributed by atoms with Crippen LogP contribution in [0.5, 0.6) is 0 Å². The molecule has 3 aromatic rings. The van der Waals surface area contributed by atoms with Crippen LogP contribution in [0.25, 0.3) is 0 Å². The molecule has 0 saturated carbocycles. The van der Waals surface area contributed by atoms with Crippen molar-refractivity contribution >= 4 is 23.8 Å². The molecule has 0 aliphatic carbocycles. The fourth-order valence-corrected chi connectivity index (χ4v) is 2.21. The molecule has 0 N–H and O–H groups in total. The Bertz CT molecular complexity index is 927. The Labute approximate surface area is 152 Å². The first-order chi connectivity index (χ1) is 12.8. The second kappa shape index (κ2) is 8.19. The first-order valence-corrected chi connectivity index (χ1v) is 7.95. The fourth-order valence-electron chi connectivity index (χ4n) is 2.21. The zero-order valence-corrected chi connectivity index (χ0v) is 13.9. The minimum absolute atomic E-state index is 0.620. The number of nitriles is 2. The van der Waals surface area contributed by atoms with Crippen LogP contribution < -0.4 is 0 Å². The van der Waals surface area contributed by atoms with Crippen LogP contribution in [0.4, 0.5) is 11.4 Å². The summed E-state index contributed by atoms with van der Waals surface area (Å²) in [4.78, 5) is 8.79. The highest BCUT2D eigenvalue weighted by molar-refractivity contribution is 5.86. The van der Waals surface area contributed by atoms with E-state index in [1.54, 1.807) is 36.7 Å². The van der Waals surface area contributed by atoms with E-state index in [0.29, 0.717) is 11.1 Å². The van der Waals surface area contributed by atoms with E-state index in [4.69, 9.17) is 10.5 Å². The van der Waals surface area contributed by atoms with Gasteiger partial charge in [-0.25, -0.2) is 0 Å². The average Bonchev–Trinajstić information content (AvgIpc) is 2.72. The zero-order chi connectivity index (χ0) is 18.2. The van der Waals surface area contributed by atoms with Crippen LogP contribution >= 0.6 is 0 Å². The van der Waals surface area contributed by atoms with E-state index in [0.717, 1.165) is 22.5 Å². The van der Waals surface area contributed by atoms with Crippen LogP contribution in [0.3, 0.4) is 0 Å². The molecule has 0 aliphatic heterocycles. The van der Waals surface area contributed by atoms with Gasteiger partial charge in [-0.2, -0.15) is 10.5 Å². The van der Waals surface area contributed by atoms with Gasteiger partial charge in [0.15, 0.2) is 0 Å². The molecular weight excluding hydrogens is 320 g/mol. The van der Waals surface area contributed by atoms with E-state index in [9.17, 15) is 0 Å². The molecule has 0 atom stereocenters. The molecule has 0 bridgehead atoms. The van der Waals surface area contributed by atoms with Gasteiger partial charge >= 0.3 is 0 Å². The normalized spacial score (nSPS) is 10.7. The predicted octanol–water partition coefficient (Wildman–Crippen LogP) is 4.93. The monoisotopic (exact) mass is 334 g/mol. The lowest BCUT2D eigenvalue weighted by molar-refractivity contribution is 1.46. The van der Waals surface area contributed by atoms with Gasteiger partial charge in [0.05, 0.1) is 34.6 Å². The SMILES string of the molecule is N#Cc1ccc(N=Cc2ccc(C=Nc3ccc(C#N)cc3)cc2)cc1. The highest BCUT2D eigenvalue weighted by Gasteiger charge is 1.94. The molecule has 0 amide bonds. The molecule has 4 heteroatoms. The summed E-state index contributed by atoms with van der Waals surface area (Å²) in [6, 6.07) is 26.3. The highest BCUT2D eigenvalue weighted by Crippen LogP contribution is 2.14. The summed E-state index contributed by atoms with van der Waals surface area (Å²) in [6.45, 7) is 0. The van der Waals surface area contributed by atoms with Gasteiger partial charge in [-0.15, -0.1) is 0 Å². The third kappa shape index (κ3) is 4.50. The molecule has 0 unspecified atom stereocenters. The summed E-state index contributed by atoms with van der Waals surface area (Å²) < 4.78 is 0. The maximum Gasteiger partial charge on any atom is 0.0991 e. The maximum absolute atomic E-state index is 8.79. The molecule has 0 heterocycles. The van der Waals surface area contributed by atoms with E-state index < -0.39 is 0 Å². The number of hydrogen-bond acceptors (Lipinski definition) is 4. The fraction of sp³-hybridized carbons (Fsp3) is 0. The molecule has 26 heavy (non-hydrogen) atoms. The summed E-state index contributed by atoms with van der Waals surface area (Å²) in [7, 11) is 0. The second-order valence-corrected chi connectivity index (χ2v) is 5.50. The largest absolute Gasteiger partial charge is 0.256 e. The number of hydrogen-bond donors (Lipinski definition) is 0. The molecule has 122 valence electrons. The van der Waals surface area contributed by atoms with Crippen molar-refractivity contribution in [1.82, 2.24) is 0 Å². The summed E-state index contributed by atoms with van der Waals surface area (Å²) >= 11 is 0. The van der Waals surface area contributed by atoms with Gasteiger partial charge in [0, 0.05) is 12.4 Å². The molecular formula is C22H14N4. The van der Waals surface area contributed by atoms with Gasteiger partial charge in [-0.1, -0.05) is 24.3 Å². The lowest BCUT2D eigenvalue weighted by atomic mass is 10.1. The van der Waals surface area contributed by atoms with Crippen LogP contribution in [-0.4, -0.2) is 12.4 Å². The van der Waals surface area contributed by atoms with Crippen molar-refractivity contribution in [2.45, 2.75) is 0 Å². The van der Waals surface area contributed by atoms with Gasteiger partial charge in [-0.05, 0) is 59.7 Å². The van der Waals surface area contributed by atoms with Crippen LogP contribution in [0, 0.1) is 22.7 Å². The number of rotatable bonds is 4. The Morgan fingerprint density at radius 2 is 0.885 bits per heavy atom. The standard InChI is InChI=1S/C22H14N4/c23-13-17-5-9-21(10-6-17)25-15-19-1-2-20(4-3-19)16-26-22-11-7-18(14-24)8-12-22/h1-12,15-16H. The average molecular weight is 334 g/mol. The molecule has 0 spiro atoms. The van der Waals surface area contributed by atoms with E-state index in [-0.39, 0.29) is 0 Å². The van der Waals surface area contributed by atoms with Crippen molar-refractivity contribution in [3.05, 3.63) is 95.1 Å². The smallest absolute Gasteiger partial charge is 0.0991 e. The van der Waals surface area contributed by atoms with Crippen LogP contribution in [0.2, 0.25) is 0 Å². The lowest BCUT2D eigenvalue weighted by Crippen LogP contribution is -1.84. The summed E-state index contributed by atoms with van der Waals surface area (Å²) in [5, 5.41) is 17.6. The topological polar surface area (TPSA) is 72.3 Å². The van der Waals surface area contributed by atoms with Crippen LogP contribution in [0.15, 0.2) is 82.8 Å². The van der Waals surface area contributed by atoms with E-state index in [2.05, 4.69) is 22.1 Å². The molecule has 0 radical (unpaired) electrons. The van der Waals surface area contributed by atoms with Crippen molar-refractivity contribution in [2.75, 3.05) is 0 Å². The van der Waals surface area contributed by atoms with Crippen LogP contribution in [-0.2, 0) is 0 Å². The van der Waals surface area contributed by atoms with Crippen molar-refractivity contribution in [3.8, 4) is 12.1 Å². The minimum Gasteiger partial charge on any atom is -0.256 e. The zero-order valence-electron chi connectivity index (χ0n) is 13.9. The molecule has 0 saturated heterocycles. The Morgan fingerprint density at radius 1 is 0.538 bits per heavy atom. The second-order valence-electron chi connectivity index (χ2n) is 5.50. The third-order valence-corrected chi connectivity index (χ3v) is 3.65. The van der Waals surface area contributed by atoms with Gasteiger partial charge in [-0.3, -0.25) is 9.98 Å². The Hall–Kier alpha value is -4.02. The van der Waals surface area contributed by atoms with E-state index in [1.807, 2.05) is 48.5 Å². The first kappa shape index (κ1) is 16.8.